The zero-order valence-corrected chi connectivity index (χ0v) is 21.4. The molecule has 0 aliphatic carbocycles. The van der Waals surface area contributed by atoms with Crippen molar-refractivity contribution in [3.05, 3.63) is 35.9 Å². The predicted molar refractivity (Wildman–Crippen MR) is 135 cm³/mol. The number of para-hydroxylation sites is 1. The summed E-state index contributed by atoms with van der Waals surface area (Å²) < 4.78 is 1.14. The first-order valence-electron chi connectivity index (χ1n) is 12.7. The van der Waals surface area contributed by atoms with Gasteiger partial charge >= 0.3 is 0 Å². The summed E-state index contributed by atoms with van der Waals surface area (Å²) in [7, 11) is 7.07. The van der Waals surface area contributed by atoms with Crippen LogP contribution in [0.5, 0.6) is 5.75 Å². The van der Waals surface area contributed by atoms with Gasteiger partial charge in [0.25, 0.3) is 0 Å². The molecule has 0 radical (unpaired) electrons. The average molecular weight is 448 g/mol. The quantitative estimate of drug-likeness (QED) is 0.183. The van der Waals surface area contributed by atoms with Gasteiger partial charge in [-0.25, -0.2) is 0 Å². The van der Waals surface area contributed by atoms with Gasteiger partial charge in [-0.1, -0.05) is 96.3 Å². The second-order valence-electron chi connectivity index (χ2n) is 9.74. The number of hydrogen-bond acceptors (Lipinski definition) is 3. The Bertz CT molecular complexity index is 619. The van der Waals surface area contributed by atoms with Crippen LogP contribution in [-0.4, -0.2) is 42.7 Å². The molecule has 1 unspecified atom stereocenters. The molecule has 1 atom stereocenters. The highest BCUT2D eigenvalue weighted by molar-refractivity contribution is 5.84. The van der Waals surface area contributed by atoms with Crippen molar-refractivity contribution in [2.45, 2.75) is 103 Å². The van der Waals surface area contributed by atoms with Gasteiger partial charge in [0.2, 0.25) is 0 Å². The van der Waals surface area contributed by atoms with Gasteiger partial charge in [-0.05, 0) is 37.5 Å². The topological polar surface area (TPSA) is 60.4 Å². The van der Waals surface area contributed by atoms with Crippen molar-refractivity contribution in [1.82, 2.24) is 0 Å². The maximum absolute atomic E-state index is 10.0. The lowest BCUT2D eigenvalue weighted by atomic mass is 10.00. The van der Waals surface area contributed by atoms with E-state index in [1.54, 1.807) is 18.2 Å². The van der Waals surface area contributed by atoms with Gasteiger partial charge < -0.3 is 19.5 Å². The molecule has 1 N–H and O–H groups in total. The number of carboxylic acid groups (broad SMARTS) is 1. The van der Waals surface area contributed by atoms with Crippen LogP contribution in [-0.2, 0) is 4.79 Å². The van der Waals surface area contributed by atoms with Crippen LogP contribution in [0.15, 0.2) is 30.3 Å². The van der Waals surface area contributed by atoms with Gasteiger partial charge in [0.15, 0.2) is 0 Å². The van der Waals surface area contributed by atoms with Crippen LogP contribution in [0.3, 0.4) is 0 Å². The standard InChI is InChI=1S/C19H42N.C9H8O3/c1-6-8-9-10-11-12-13-14-15-16-18-19(17-7-2)20(3,4)5;10-8-4-2-1-3-7(8)5-6-9(11)12/h19H,6-18H2,1-5H3;1-6,10H,(H,11,12)/q+1;/p-1. The fraction of sp³-hybridized carbons (Fsp3) is 0.679. The number of phenols is 1. The lowest BCUT2D eigenvalue weighted by Crippen LogP contribution is -2.44. The second-order valence-corrected chi connectivity index (χ2v) is 9.74. The average Bonchev–Trinajstić information content (AvgIpc) is 2.73. The molecule has 0 saturated heterocycles. The first-order valence-corrected chi connectivity index (χ1v) is 12.7. The molecule has 184 valence electrons. The normalized spacial score (nSPS) is 12.4. The van der Waals surface area contributed by atoms with E-state index >= 15 is 0 Å². The van der Waals surface area contributed by atoms with E-state index in [9.17, 15) is 9.90 Å². The van der Waals surface area contributed by atoms with E-state index in [1.807, 2.05) is 0 Å². The van der Waals surface area contributed by atoms with Crippen LogP contribution in [0.4, 0.5) is 0 Å². The molecule has 0 saturated carbocycles. The Labute approximate surface area is 197 Å². The second kappa shape index (κ2) is 18.7. The highest BCUT2D eigenvalue weighted by Gasteiger charge is 2.21. The number of nitrogens with zero attached hydrogens (tertiary/aromatic N) is 1. The summed E-state index contributed by atoms with van der Waals surface area (Å²) in [4.78, 5) is 10.0. The van der Waals surface area contributed by atoms with Gasteiger partial charge in [-0.3, -0.25) is 0 Å². The zero-order chi connectivity index (χ0) is 24.2. The van der Waals surface area contributed by atoms with Crippen molar-refractivity contribution >= 4 is 12.0 Å². The Morgan fingerprint density at radius 1 is 0.875 bits per heavy atom. The summed E-state index contributed by atoms with van der Waals surface area (Å²) >= 11 is 0. The fourth-order valence-corrected chi connectivity index (χ4v) is 3.91. The summed E-state index contributed by atoms with van der Waals surface area (Å²) in [5.41, 5.74) is 0.460. The van der Waals surface area contributed by atoms with Crippen molar-refractivity contribution in [2.75, 3.05) is 21.1 Å². The molecule has 1 rings (SSSR count). The van der Waals surface area contributed by atoms with Crippen molar-refractivity contribution in [1.29, 1.82) is 0 Å². The molecule has 0 aliphatic heterocycles. The number of benzene rings is 1. The Morgan fingerprint density at radius 2 is 1.41 bits per heavy atom. The molecule has 0 bridgehead atoms. The molecule has 0 aliphatic rings. The largest absolute Gasteiger partial charge is 0.545 e. The maximum Gasteiger partial charge on any atom is 0.122 e. The molecule has 4 nitrogen and oxygen atoms in total. The monoisotopic (exact) mass is 447 g/mol. The highest BCUT2D eigenvalue weighted by Crippen LogP contribution is 2.19. The van der Waals surface area contributed by atoms with E-state index in [-0.39, 0.29) is 5.75 Å². The first kappa shape index (κ1) is 30.2. The van der Waals surface area contributed by atoms with Crippen LogP contribution >= 0.6 is 0 Å². The number of aliphatic carboxylic acids is 1. The Kier molecular flexibility index (Phi) is 17.7. The number of carboxylic acids is 1. The highest BCUT2D eigenvalue weighted by atomic mass is 16.4. The minimum atomic E-state index is -1.28. The molecule has 0 aromatic heterocycles. The smallest absolute Gasteiger partial charge is 0.122 e. The molecule has 0 spiro atoms. The van der Waals surface area contributed by atoms with Crippen LogP contribution in [0.25, 0.3) is 6.08 Å². The van der Waals surface area contributed by atoms with E-state index in [2.05, 4.69) is 35.0 Å². The SMILES string of the molecule is CCCCCCCCCCCCC(CCC)[N+](C)(C)C.O=C([O-])C=Cc1ccccc1O. The van der Waals surface area contributed by atoms with Gasteiger partial charge in [0.05, 0.1) is 33.2 Å². The molecule has 1 aromatic rings. The number of hydrogen-bond donors (Lipinski definition) is 1. The lowest BCUT2D eigenvalue weighted by Gasteiger charge is -2.34. The van der Waals surface area contributed by atoms with Crippen LogP contribution in [0, 0.1) is 0 Å². The maximum atomic E-state index is 10.0. The third-order valence-corrected chi connectivity index (χ3v) is 5.94. The molecule has 1 aromatic carbocycles. The Morgan fingerprint density at radius 3 is 1.88 bits per heavy atom. The molecular weight excluding hydrogens is 398 g/mol. The van der Waals surface area contributed by atoms with E-state index in [0.717, 1.165) is 16.6 Å². The summed E-state index contributed by atoms with van der Waals surface area (Å²) in [5, 5.41) is 19.2. The molecule has 4 heteroatoms. The first-order chi connectivity index (χ1) is 15.2. The van der Waals surface area contributed by atoms with Gasteiger partial charge in [-0.2, -0.15) is 0 Å². The van der Waals surface area contributed by atoms with E-state index in [4.69, 9.17) is 5.11 Å². The van der Waals surface area contributed by atoms with Crippen molar-refractivity contribution < 1.29 is 19.5 Å². The van der Waals surface area contributed by atoms with Crippen molar-refractivity contribution in [2.24, 2.45) is 0 Å². The predicted octanol–water partition coefficient (Wildman–Crippen LogP) is 6.33. The van der Waals surface area contributed by atoms with E-state index in [0.29, 0.717) is 5.56 Å². The summed E-state index contributed by atoms with van der Waals surface area (Å²) in [6.45, 7) is 4.61. The number of quaternary nitrogens is 1. The summed E-state index contributed by atoms with van der Waals surface area (Å²) in [5.74, 6) is -1.23. The lowest BCUT2D eigenvalue weighted by molar-refractivity contribution is -0.896. The Balaban J connectivity index is 0.000000677. The number of phenolic OH excluding ortho intramolecular Hbond substituents is 1. The fourth-order valence-electron chi connectivity index (χ4n) is 3.91. The number of aromatic hydroxyl groups is 1. The van der Waals surface area contributed by atoms with Gasteiger partial charge in [0, 0.05) is 5.56 Å². The third-order valence-electron chi connectivity index (χ3n) is 5.94. The number of carbonyl (C=O) groups excluding carboxylic acids is 1. The minimum Gasteiger partial charge on any atom is -0.545 e. The molecule has 0 fully saturated rings. The number of rotatable bonds is 16. The van der Waals surface area contributed by atoms with Gasteiger partial charge in [0.1, 0.15) is 5.75 Å². The van der Waals surface area contributed by atoms with Gasteiger partial charge in [-0.15, -0.1) is 0 Å². The summed E-state index contributed by atoms with van der Waals surface area (Å²) in [6.07, 6.45) is 20.8. The van der Waals surface area contributed by atoms with Crippen LogP contribution in [0.2, 0.25) is 0 Å². The van der Waals surface area contributed by atoms with E-state index in [1.165, 1.54) is 95.6 Å². The number of carbonyl (C=O) groups is 1. The zero-order valence-electron chi connectivity index (χ0n) is 21.4. The van der Waals surface area contributed by atoms with E-state index < -0.39 is 5.97 Å². The van der Waals surface area contributed by atoms with Crippen molar-refractivity contribution in [3.63, 3.8) is 0 Å². The molecule has 0 heterocycles. The number of unbranched alkanes of at least 4 members (excludes halogenated alkanes) is 9. The van der Waals surface area contributed by atoms with Crippen molar-refractivity contribution in [3.8, 4) is 5.75 Å². The van der Waals surface area contributed by atoms with Crippen LogP contribution in [0.1, 0.15) is 103 Å². The molecule has 32 heavy (non-hydrogen) atoms. The minimum absolute atomic E-state index is 0.0509. The molecular formula is C28H49NO3. The summed E-state index contributed by atoms with van der Waals surface area (Å²) in [6, 6.07) is 7.32. The Hall–Kier alpha value is -1.81. The van der Waals surface area contributed by atoms with Crippen LogP contribution < -0.4 is 5.11 Å². The molecule has 0 amide bonds. The third kappa shape index (κ3) is 16.8.